The molecule has 0 amide bonds. The second-order valence-corrected chi connectivity index (χ2v) is 9.01. The number of aryl methyl sites for hydroxylation is 2. The van der Waals surface area contributed by atoms with E-state index in [9.17, 15) is 8.42 Å². The van der Waals surface area contributed by atoms with Gasteiger partial charge in [-0.1, -0.05) is 18.2 Å². The van der Waals surface area contributed by atoms with E-state index >= 15 is 0 Å². The van der Waals surface area contributed by atoms with E-state index < -0.39 is 10.0 Å². The Labute approximate surface area is 161 Å². The molecule has 1 aliphatic heterocycles. The molecule has 1 heterocycles. The SMILES string of the molecule is CCOc1ccccc1N1CCN(S(=O)(=O)c2ccc3c(c2)CCC3)CC1. The quantitative estimate of drug-likeness (QED) is 0.792. The summed E-state index contributed by atoms with van der Waals surface area (Å²) >= 11 is 0. The molecule has 0 atom stereocenters. The number of nitrogens with zero attached hydrogens (tertiary/aromatic N) is 2. The van der Waals surface area contributed by atoms with Gasteiger partial charge in [0, 0.05) is 26.2 Å². The number of para-hydroxylation sites is 2. The fraction of sp³-hybridized carbons (Fsp3) is 0.429. The molecule has 0 saturated carbocycles. The largest absolute Gasteiger partial charge is 0.492 e. The molecule has 27 heavy (non-hydrogen) atoms. The first-order valence-electron chi connectivity index (χ1n) is 9.68. The monoisotopic (exact) mass is 386 g/mol. The molecule has 0 radical (unpaired) electrons. The van der Waals surface area contributed by atoms with Gasteiger partial charge in [-0.15, -0.1) is 0 Å². The van der Waals surface area contributed by atoms with Gasteiger partial charge < -0.3 is 9.64 Å². The predicted octanol–water partition coefficient (Wildman–Crippen LogP) is 3.08. The predicted molar refractivity (Wildman–Crippen MR) is 107 cm³/mol. The van der Waals surface area contributed by atoms with Gasteiger partial charge in [-0.3, -0.25) is 0 Å². The zero-order valence-electron chi connectivity index (χ0n) is 15.7. The molecule has 2 aliphatic rings. The minimum atomic E-state index is -3.43. The maximum Gasteiger partial charge on any atom is 0.243 e. The fourth-order valence-corrected chi connectivity index (χ4v) is 5.50. The molecule has 2 aromatic rings. The highest BCUT2D eigenvalue weighted by atomic mass is 32.2. The van der Waals surface area contributed by atoms with E-state index in [2.05, 4.69) is 4.90 Å². The minimum absolute atomic E-state index is 0.436. The summed E-state index contributed by atoms with van der Waals surface area (Å²) in [5.74, 6) is 0.856. The molecule has 5 nitrogen and oxygen atoms in total. The highest BCUT2D eigenvalue weighted by molar-refractivity contribution is 7.89. The Morgan fingerprint density at radius 1 is 0.963 bits per heavy atom. The summed E-state index contributed by atoms with van der Waals surface area (Å²) in [7, 11) is -3.43. The Morgan fingerprint density at radius 2 is 1.70 bits per heavy atom. The number of anilines is 1. The molecule has 1 saturated heterocycles. The fourth-order valence-electron chi connectivity index (χ4n) is 4.02. The van der Waals surface area contributed by atoms with Gasteiger partial charge in [0.25, 0.3) is 0 Å². The van der Waals surface area contributed by atoms with Crippen molar-refractivity contribution >= 4 is 15.7 Å². The average molecular weight is 387 g/mol. The molecule has 144 valence electrons. The molecule has 0 unspecified atom stereocenters. The maximum absolute atomic E-state index is 13.1. The Bertz CT molecular complexity index is 919. The number of hydrogen-bond donors (Lipinski definition) is 0. The van der Waals surface area contributed by atoms with Gasteiger partial charge in [-0.25, -0.2) is 8.42 Å². The summed E-state index contributed by atoms with van der Waals surface area (Å²) in [5, 5.41) is 0. The van der Waals surface area contributed by atoms with E-state index in [1.807, 2.05) is 43.3 Å². The van der Waals surface area contributed by atoms with Crippen molar-refractivity contribution in [1.82, 2.24) is 4.31 Å². The Kier molecular flexibility index (Phi) is 5.10. The Morgan fingerprint density at radius 3 is 2.48 bits per heavy atom. The van der Waals surface area contributed by atoms with Crippen molar-refractivity contribution in [3.8, 4) is 5.75 Å². The topological polar surface area (TPSA) is 49.9 Å². The molecule has 2 aromatic carbocycles. The van der Waals surface area contributed by atoms with E-state index in [0.29, 0.717) is 37.7 Å². The zero-order chi connectivity index (χ0) is 18.9. The molecule has 1 aliphatic carbocycles. The molecule has 0 spiro atoms. The van der Waals surface area contributed by atoms with Crippen LogP contribution in [-0.4, -0.2) is 45.5 Å². The summed E-state index contributed by atoms with van der Waals surface area (Å²) in [4.78, 5) is 2.64. The lowest BCUT2D eigenvalue weighted by atomic mass is 10.1. The number of ether oxygens (including phenoxy) is 1. The summed E-state index contributed by atoms with van der Waals surface area (Å²) in [5.41, 5.74) is 3.53. The third kappa shape index (κ3) is 3.56. The summed E-state index contributed by atoms with van der Waals surface area (Å²) in [6.45, 7) is 4.88. The van der Waals surface area contributed by atoms with Crippen molar-refractivity contribution < 1.29 is 13.2 Å². The molecule has 0 aromatic heterocycles. The van der Waals surface area contributed by atoms with E-state index in [1.165, 1.54) is 11.1 Å². The van der Waals surface area contributed by atoms with Crippen LogP contribution in [0.15, 0.2) is 47.4 Å². The number of benzene rings is 2. The first-order chi connectivity index (χ1) is 13.1. The van der Waals surface area contributed by atoms with Gasteiger partial charge in [0.05, 0.1) is 17.2 Å². The first kappa shape index (κ1) is 18.3. The number of hydrogen-bond acceptors (Lipinski definition) is 4. The second kappa shape index (κ2) is 7.52. The van der Waals surface area contributed by atoms with Crippen molar-refractivity contribution in [3.63, 3.8) is 0 Å². The normalized spacial score (nSPS) is 17.7. The van der Waals surface area contributed by atoms with Crippen LogP contribution in [0.4, 0.5) is 5.69 Å². The van der Waals surface area contributed by atoms with Crippen molar-refractivity contribution in [2.24, 2.45) is 0 Å². The van der Waals surface area contributed by atoms with Crippen molar-refractivity contribution in [1.29, 1.82) is 0 Å². The van der Waals surface area contributed by atoms with E-state index in [4.69, 9.17) is 4.74 Å². The summed E-state index contributed by atoms with van der Waals surface area (Å²) in [6.07, 6.45) is 3.17. The van der Waals surface area contributed by atoms with Crippen LogP contribution in [0, 0.1) is 0 Å². The number of fused-ring (bicyclic) bond motifs is 1. The molecule has 0 bridgehead atoms. The maximum atomic E-state index is 13.1. The second-order valence-electron chi connectivity index (χ2n) is 7.08. The summed E-state index contributed by atoms with van der Waals surface area (Å²) in [6, 6.07) is 13.6. The number of sulfonamides is 1. The van der Waals surface area contributed by atoms with Gasteiger partial charge in [0.15, 0.2) is 0 Å². The Hall–Kier alpha value is -2.05. The van der Waals surface area contributed by atoms with Crippen molar-refractivity contribution in [3.05, 3.63) is 53.6 Å². The zero-order valence-corrected chi connectivity index (χ0v) is 16.5. The molecule has 0 N–H and O–H groups in total. The van der Waals surface area contributed by atoms with Crippen LogP contribution in [0.1, 0.15) is 24.5 Å². The van der Waals surface area contributed by atoms with E-state index in [1.54, 1.807) is 10.4 Å². The van der Waals surface area contributed by atoms with E-state index in [0.717, 1.165) is 30.7 Å². The lowest BCUT2D eigenvalue weighted by Crippen LogP contribution is -2.48. The minimum Gasteiger partial charge on any atom is -0.492 e. The van der Waals surface area contributed by atoms with Crippen LogP contribution < -0.4 is 9.64 Å². The van der Waals surface area contributed by atoms with Crippen molar-refractivity contribution in [2.75, 3.05) is 37.7 Å². The average Bonchev–Trinajstić information content (AvgIpc) is 3.17. The molecular formula is C21H26N2O3S. The molecular weight excluding hydrogens is 360 g/mol. The van der Waals surface area contributed by atoms with Gasteiger partial charge in [0.1, 0.15) is 5.75 Å². The van der Waals surface area contributed by atoms with Gasteiger partial charge in [-0.2, -0.15) is 4.31 Å². The molecule has 6 heteroatoms. The molecule has 4 rings (SSSR count). The van der Waals surface area contributed by atoms with E-state index in [-0.39, 0.29) is 0 Å². The third-order valence-electron chi connectivity index (χ3n) is 5.45. The number of piperazine rings is 1. The highest BCUT2D eigenvalue weighted by Gasteiger charge is 2.30. The van der Waals surface area contributed by atoms with Crippen LogP contribution in [0.3, 0.4) is 0 Å². The van der Waals surface area contributed by atoms with Crippen LogP contribution in [0.2, 0.25) is 0 Å². The van der Waals surface area contributed by atoms with Gasteiger partial charge in [-0.05, 0) is 61.6 Å². The third-order valence-corrected chi connectivity index (χ3v) is 7.35. The van der Waals surface area contributed by atoms with Crippen molar-refractivity contribution in [2.45, 2.75) is 31.1 Å². The van der Waals surface area contributed by atoms with Crippen LogP contribution in [-0.2, 0) is 22.9 Å². The standard InChI is InChI=1S/C21H26N2O3S/c1-2-26-21-9-4-3-8-20(21)22-12-14-23(15-13-22)27(24,25)19-11-10-17-6-5-7-18(17)16-19/h3-4,8-11,16H,2,5-7,12-15H2,1H3. The number of rotatable bonds is 5. The Balaban J connectivity index is 1.49. The summed E-state index contributed by atoms with van der Waals surface area (Å²) < 4.78 is 33.5. The first-order valence-corrected chi connectivity index (χ1v) is 11.1. The van der Waals surface area contributed by atoms with Gasteiger partial charge in [0.2, 0.25) is 10.0 Å². The molecule has 1 fully saturated rings. The van der Waals surface area contributed by atoms with Crippen LogP contribution in [0.5, 0.6) is 5.75 Å². The van der Waals surface area contributed by atoms with Crippen LogP contribution in [0.25, 0.3) is 0 Å². The highest BCUT2D eigenvalue weighted by Crippen LogP contribution is 2.30. The smallest absolute Gasteiger partial charge is 0.243 e. The van der Waals surface area contributed by atoms with Crippen LogP contribution >= 0.6 is 0 Å². The van der Waals surface area contributed by atoms with Gasteiger partial charge >= 0.3 is 0 Å². The lowest BCUT2D eigenvalue weighted by Gasteiger charge is -2.36. The lowest BCUT2D eigenvalue weighted by molar-refractivity contribution is 0.337.